The minimum absolute atomic E-state index is 0.133. The van der Waals surface area contributed by atoms with Crippen molar-refractivity contribution in [1.29, 1.82) is 0 Å². The van der Waals surface area contributed by atoms with Gasteiger partial charge in [0, 0.05) is 24.4 Å². The Morgan fingerprint density at radius 1 is 1.03 bits per heavy atom. The van der Waals surface area contributed by atoms with Crippen molar-refractivity contribution in [1.82, 2.24) is 4.90 Å². The molecule has 31 heavy (non-hydrogen) atoms. The maximum Gasteiger partial charge on any atom is 0.325 e. The monoisotopic (exact) mass is 457 g/mol. The fourth-order valence-corrected chi connectivity index (χ4v) is 3.79. The Hall–Kier alpha value is -2.89. The van der Waals surface area contributed by atoms with E-state index in [2.05, 4.69) is 0 Å². The summed E-state index contributed by atoms with van der Waals surface area (Å²) in [6.45, 7) is -0.108. The molecule has 1 amide bonds. The van der Waals surface area contributed by atoms with Crippen molar-refractivity contribution in [2.24, 2.45) is 0 Å². The van der Waals surface area contributed by atoms with Gasteiger partial charge in [0.1, 0.15) is 12.8 Å². The number of methoxy groups -OCH3 is 1. The van der Waals surface area contributed by atoms with Crippen LogP contribution in [0.2, 0.25) is 10.0 Å². The van der Waals surface area contributed by atoms with E-state index in [1.807, 2.05) is 30.3 Å². The zero-order chi connectivity index (χ0) is 22.4. The Balaban J connectivity index is 1.98. The molecule has 0 bridgehead atoms. The van der Waals surface area contributed by atoms with Gasteiger partial charge in [-0.15, -0.1) is 0 Å². The van der Waals surface area contributed by atoms with E-state index in [4.69, 9.17) is 27.9 Å². The molecule has 0 aliphatic heterocycles. The topological polar surface area (TPSA) is 63.7 Å². The van der Waals surface area contributed by atoms with Gasteiger partial charge in [-0.05, 0) is 34.5 Å². The highest BCUT2D eigenvalue weighted by atomic mass is 35.5. The Bertz CT molecular complexity index is 1110. The number of fused-ring (bicyclic) bond motifs is 1. The molecule has 0 aromatic heterocycles. The first-order valence-corrected chi connectivity index (χ1v) is 10.4. The quantitative estimate of drug-likeness (QED) is 0.347. The summed E-state index contributed by atoms with van der Waals surface area (Å²) >= 11 is 12.2. The molecule has 0 saturated carbocycles. The van der Waals surface area contributed by atoms with Crippen LogP contribution in [-0.4, -0.2) is 43.3 Å². The van der Waals surface area contributed by atoms with E-state index in [1.54, 1.807) is 30.3 Å². The maximum atomic E-state index is 13.5. The van der Waals surface area contributed by atoms with Crippen molar-refractivity contribution in [2.75, 3.05) is 20.2 Å². The Labute approximate surface area is 190 Å². The maximum absolute atomic E-state index is 13.5. The van der Waals surface area contributed by atoms with Crippen molar-refractivity contribution >= 4 is 52.1 Å². The highest BCUT2D eigenvalue weighted by Crippen LogP contribution is 2.29. The van der Waals surface area contributed by atoms with Crippen molar-refractivity contribution < 1.29 is 19.1 Å². The molecule has 0 spiro atoms. The van der Waals surface area contributed by atoms with Crippen LogP contribution in [0.1, 0.15) is 28.3 Å². The molecule has 0 aliphatic carbocycles. The lowest BCUT2D eigenvalue weighted by atomic mass is 9.95. The second-order valence-electron chi connectivity index (χ2n) is 7.06. The van der Waals surface area contributed by atoms with Crippen molar-refractivity contribution in [3.63, 3.8) is 0 Å². The van der Waals surface area contributed by atoms with Crippen LogP contribution in [0.3, 0.4) is 0 Å². The number of nitrogens with zero attached hydrogens (tertiary/aromatic N) is 1. The van der Waals surface area contributed by atoms with Crippen LogP contribution in [0.4, 0.5) is 0 Å². The van der Waals surface area contributed by atoms with Gasteiger partial charge in [-0.3, -0.25) is 9.59 Å². The predicted octanol–water partition coefficient (Wildman–Crippen LogP) is 5.13. The fraction of sp³-hybridized carbons (Fsp3) is 0.208. The number of halogens is 2. The van der Waals surface area contributed by atoms with E-state index < -0.39 is 5.97 Å². The summed E-state index contributed by atoms with van der Waals surface area (Å²) in [5.74, 6) is -1.23. The van der Waals surface area contributed by atoms with Crippen molar-refractivity contribution in [3.05, 3.63) is 81.8 Å². The van der Waals surface area contributed by atoms with E-state index in [1.165, 1.54) is 12.0 Å². The first kappa shape index (κ1) is 22.8. The van der Waals surface area contributed by atoms with E-state index in [-0.39, 0.29) is 31.3 Å². The Morgan fingerprint density at radius 3 is 2.48 bits per heavy atom. The second kappa shape index (κ2) is 10.4. The summed E-state index contributed by atoms with van der Waals surface area (Å²) in [6.07, 6.45) is 0.935. The molecule has 0 saturated heterocycles. The van der Waals surface area contributed by atoms with E-state index in [0.717, 1.165) is 22.6 Å². The molecule has 1 unspecified atom stereocenters. The van der Waals surface area contributed by atoms with Crippen LogP contribution in [0.15, 0.2) is 60.7 Å². The number of carbonyl (C=O) groups is 3. The van der Waals surface area contributed by atoms with Gasteiger partial charge in [0.25, 0.3) is 5.91 Å². The molecule has 160 valence electrons. The molecule has 0 aliphatic rings. The average molecular weight is 458 g/mol. The highest BCUT2D eigenvalue weighted by molar-refractivity contribution is 6.42. The Kier molecular flexibility index (Phi) is 7.66. The Morgan fingerprint density at radius 2 is 1.77 bits per heavy atom. The number of ether oxygens (including phenoxy) is 1. The summed E-state index contributed by atoms with van der Waals surface area (Å²) < 4.78 is 4.80. The largest absolute Gasteiger partial charge is 0.468 e. The third kappa shape index (κ3) is 5.43. The molecule has 3 aromatic carbocycles. The number of carbonyl (C=O) groups excluding carboxylic acids is 3. The van der Waals surface area contributed by atoms with Gasteiger partial charge in [-0.1, -0.05) is 65.7 Å². The molecule has 1 atom stereocenters. The van der Waals surface area contributed by atoms with Crippen LogP contribution in [-0.2, 0) is 14.3 Å². The van der Waals surface area contributed by atoms with Crippen LogP contribution >= 0.6 is 23.2 Å². The molecule has 0 fully saturated rings. The van der Waals surface area contributed by atoms with Gasteiger partial charge in [0.15, 0.2) is 0 Å². The second-order valence-corrected chi connectivity index (χ2v) is 7.88. The van der Waals surface area contributed by atoms with Gasteiger partial charge >= 0.3 is 5.97 Å². The first-order valence-electron chi connectivity index (χ1n) is 9.67. The van der Waals surface area contributed by atoms with Crippen LogP contribution in [0.25, 0.3) is 10.8 Å². The zero-order valence-electron chi connectivity index (χ0n) is 16.9. The lowest BCUT2D eigenvalue weighted by molar-refractivity contribution is -0.141. The minimum atomic E-state index is -0.549. The summed E-state index contributed by atoms with van der Waals surface area (Å²) in [6, 6.07) is 18.1. The van der Waals surface area contributed by atoms with Crippen LogP contribution < -0.4 is 0 Å². The lowest BCUT2D eigenvalue weighted by Crippen LogP contribution is -2.39. The van der Waals surface area contributed by atoms with Gasteiger partial charge in [-0.2, -0.15) is 0 Å². The van der Waals surface area contributed by atoms with Crippen LogP contribution in [0.5, 0.6) is 0 Å². The van der Waals surface area contributed by atoms with E-state index >= 15 is 0 Å². The summed E-state index contributed by atoms with van der Waals surface area (Å²) in [4.78, 5) is 38.3. The third-order valence-corrected chi connectivity index (χ3v) is 5.83. The van der Waals surface area contributed by atoms with E-state index in [9.17, 15) is 14.4 Å². The normalized spacial score (nSPS) is 11.7. The average Bonchev–Trinajstić information content (AvgIpc) is 2.79. The standard InChI is InChI=1S/C24H21Cl2NO4/c1-31-23(29)15-27(14-18(11-12-28)17-9-10-21(25)22(26)13-17)24(30)20-8-4-6-16-5-2-3-7-19(16)20/h2-10,12-13,18H,11,14-15H2,1H3. The first-order chi connectivity index (χ1) is 14.9. The molecule has 0 radical (unpaired) electrons. The minimum Gasteiger partial charge on any atom is -0.468 e. The number of rotatable bonds is 8. The number of hydrogen-bond donors (Lipinski definition) is 0. The molecular weight excluding hydrogens is 437 g/mol. The zero-order valence-corrected chi connectivity index (χ0v) is 18.4. The van der Waals surface area contributed by atoms with Gasteiger partial charge in [-0.25, -0.2) is 0 Å². The molecule has 0 N–H and O–H groups in total. The van der Waals surface area contributed by atoms with Crippen molar-refractivity contribution in [3.8, 4) is 0 Å². The molecule has 0 heterocycles. The fourth-order valence-electron chi connectivity index (χ4n) is 3.49. The molecule has 3 aromatic rings. The van der Waals surface area contributed by atoms with Gasteiger partial charge in [0.05, 0.1) is 17.2 Å². The van der Waals surface area contributed by atoms with Crippen LogP contribution in [0, 0.1) is 0 Å². The SMILES string of the molecule is COC(=O)CN(CC(CC=O)c1ccc(Cl)c(Cl)c1)C(=O)c1cccc2ccccc12. The predicted molar refractivity (Wildman–Crippen MR) is 122 cm³/mol. The molecule has 3 rings (SSSR count). The van der Waals surface area contributed by atoms with Crippen molar-refractivity contribution in [2.45, 2.75) is 12.3 Å². The highest BCUT2D eigenvalue weighted by Gasteiger charge is 2.25. The van der Waals surface area contributed by atoms with Gasteiger partial charge < -0.3 is 14.4 Å². The van der Waals surface area contributed by atoms with Gasteiger partial charge in [0.2, 0.25) is 0 Å². The molecule has 5 nitrogen and oxygen atoms in total. The smallest absolute Gasteiger partial charge is 0.325 e. The third-order valence-electron chi connectivity index (χ3n) is 5.09. The number of aldehydes is 1. The molecular formula is C24H21Cl2NO4. The summed E-state index contributed by atoms with van der Waals surface area (Å²) in [5.41, 5.74) is 1.23. The lowest BCUT2D eigenvalue weighted by Gasteiger charge is -2.27. The number of amides is 1. The summed E-state index contributed by atoms with van der Waals surface area (Å²) in [7, 11) is 1.27. The summed E-state index contributed by atoms with van der Waals surface area (Å²) in [5, 5.41) is 2.45. The van der Waals surface area contributed by atoms with E-state index in [0.29, 0.717) is 15.6 Å². The number of benzene rings is 3. The number of esters is 1. The number of hydrogen-bond acceptors (Lipinski definition) is 4. The molecule has 7 heteroatoms.